The lowest BCUT2D eigenvalue weighted by Gasteiger charge is -2.28. The highest BCUT2D eigenvalue weighted by Crippen LogP contribution is 2.27. The molecule has 14 heavy (non-hydrogen) atoms. The fraction of sp³-hybridized carbons (Fsp3) is 0.300. The molecule has 1 aromatic rings. The fourth-order valence-electron chi connectivity index (χ4n) is 1.50. The van der Waals surface area contributed by atoms with E-state index in [0.29, 0.717) is 11.6 Å². The van der Waals surface area contributed by atoms with Crippen molar-refractivity contribution in [3.63, 3.8) is 0 Å². The Morgan fingerprint density at radius 1 is 1.57 bits per heavy atom. The van der Waals surface area contributed by atoms with E-state index in [1.54, 1.807) is 12.1 Å². The normalized spacial score (nSPS) is 20.2. The zero-order valence-electron chi connectivity index (χ0n) is 7.46. The van der Waals surface area contributed by atoms with E-state index < -0.39 is 5.97 Å². The molecule has 1 aliphatic rings. The van der Waals surface area contributed by atoms with Gasteiger partial charge in [0.05, 0.1) is 5.56 Å². The average molecular weight is 303 g/mol. The van der Waals surface area contributed by atoms with Crippen LogP contribution in [0.25, 0.3) is 0 Å². The first kappa shape index (κ1) is 9.92. The predicted molar refractivity (Wildman–Crippen MR) is 61.5 cm³/mol. The Morgan fingerprint density at radius 3 is 2.71 bits per heavy atom. The molecule has 1 heterocycles. The second-order valence-corrected chi connectivity index (χ2v) is 4.50. The summed E-state index contributed by atoms with van der Waals surface area (Å²) in [6.45, 7) is 1.06. The van der Waals surface area contributed by atoms with Crippen molar-refractivity contribution >= 4 is 28.6 Å². The van der Waals surface area contributed by atoms with Crippen LogP contribution in [0.1, 0.15) is 28.4 Å². The molecule has 74 valence electrons. The van der Waals surface area contributed by atoms with Gasteiger partial charge in [-0.25, -0.2) is 4.79 Å². The lowest BCUT2D eigenvalue weighted by Crippen LogP contribution is -2.35. The van der Waals surface area contributed by atoms with Crippen molar-refractivity contribution in [1.82, 2.24) is 5.32 Å². The first-order valence-electron chi connectivity index (χ1n) is 4.44. The lowest BCUT2D eigenvalue weighted by atomic mass is 9.97. The van der Waals surface area contributed by atoms with Gasteiger partial charge in [-0.15, -0.1) is 0 Å². The molecule has 2 N–H and O–H groups in total. The number of halogens is 1. The Balaban J connectivity index is 2.30. The third-order valence-electron chi connectivity index (χ3n) is 2.45. The number of rotatable bonds is 2. The van der Waals surface area contributed by atoms with Gasteiger partial charge in [0.1, 0.15) is 0 Å². The minimum Gasteiger partial charge on any atom is -0.478 e. The van der Waals surface area contributed by atoms with Crippen molar-refractivity contribution in [2.24, 2.45) is 0 Å². The summed E-state index contributed by atoms with van der Waals surface area (Å²) in [5.41, 5.74) is 1.57. The van der Waals surface area contributed by atoms with Gasteiger partial charge in [0, 0.05) is 9.61 Å². The van der Waals surface area contributed by atoms with Crippen molar-refractivity contribution < 1.29 is 9.90 Å². The molecule has 2 rings (SSSR count). The molecule has 0 unspecified atom stereocenters. The van der Waals surface area contributed by atoms with Gasteiger partial charge in [-0.1, -0.05) is 6.07 Å². The molecule has 1 aliphatic heterocycles. The summed E-state index contributed by atoms with van der Waals surface area (Å²) in [6, 6.07) is 5.71. The molecular formula is C10H10INO2. The fourth-order valence-corrected chi connectivity index (χ4v) is 2.39. The van der Waals surface area contributed by atoms with Crippen LogP contribution < -0.4 is 5.32 Å². The van der Waals surface area contributed by atoms with Gasteiger partial charge in [-0.2, -0.15) is 0 Å². The van der Waals surface area contributed by atoms with Gasteiger partial charge in [0.15, 0.2) is 0 Å². The summed E-state index contributed by atoms with van der Waals surface area (Å²) in [5.74, 6) is -0.865. The van der Waals surface area contributed by atoms with Crippen LogP contribution >= 0.6 is 22.6 Å². The molecule has 1 fully saturated rings. The molecule has 3 nitrogen and oxygen atoms in total. The Labute approximate surface area is 95.7 Å². The monoisotopic (exact) mass is 303 g/mol. The second kappa shape index (κ2) is 3.86. The van der Waals surface area contributed by atoms with Crippen LogP contribution in [-0.4, -0.2) is 17.6 Å². The van der Waals surface area contributed by atoms with E-state index in [1.807, 2.05) is 6.07 Å². The van der Waals surface area contributed by atoms with Crippen LogP contribution in [0.5, 0.6) is 0 Å². The number of hydrogen-bond acceptors (Lipinski definition) is 2. The van der Waals surface area contributed by atoms with Gasteiger partial charge in [-0.05, 0) is 53.3 Å². The van der Waals surface area contributed by atoms with Crippen LogP contribution in [0.3, 0.4) is 0 Å². The molecule has 0 bridgehead atoms. The van der Waals surface area contributed by atoms with Crippen molar-refractivity contribution in [3.8, 4) is 0 Å². The first-order chi connectivity index (χ1) is 6.68. The molecule has 0 saturated carbocycles. The highest BCUT2D eigenvalue weighted by molar-refractivity contribution is 14.1. The van der Waals surface area contributed by atoms with Gasteiger partial charge < -0.3 is 10.4 Å². The Kier molecular flexibility index (Phi) is 2.73. The van der Waals surface area contributed by atoms with Gasteiger partial charge in [-0.3, -0.25) is 0 Å². The summed E-state index contributed by atoms with van der Waals surface area (Å²) in [7, 11) is 0. The standard InChI is InChI=1S/C10H10INO2/c11-8-5-6(10(13)14)1-2-7(8)9-3-4-12-9/h1-2,5,9,12H,3-4H2,(H,13,14)/t9-/m1/s1. The molecule has 1 atom stereocenters. The lowest BCUT2D eigenvalue weighted by molar-refractivity contribution is 0.0696. The predicted octanol–water partition coefficient (Wildman–Crippen LogP) is 2.02. The second-order valence-electron chi connectivity index (χ2n) is 3.34. The maximum absolute atomic E-state index is 10.7. The molecule has 0 spiro atoms. The smallest absolute Gasteiger partial charge is 0.335 e. The minimum absolute atomic E-state index is 0.359. The maximum Gasteiger partial charge on any atom is 0.335 e. The summed E-state index contributed by atoms with van der Waals surface area (Å²) < 4.78 is 1.03. The number of nitrogens with one attached hydrogen (secondary N) is 1. The van der Waals surface area contributed by atoms with Gasteiger partial charge >= 0.3 is 5.97 Å². The van der Waals surface area contributed by atoms with Gasteiger partial charge in [0.2, 0.25) is 0 Å². The summed E-state index contributed by atoms with van der Waals surface area (Å²) in [4.78, 5) is 10.7. The van der Waals surface area contributed by atoms with E-state index in [2.05, 4.69) is 27.9 Å². The third kappa shape index (κ3) is 1.76. The topological polar surface area (TPSA) is 49.3 Å². The molecule has 0 radical (unpaired) electrons. The number of carboxylic acids is 1. The van der Waals surface area contributed by atoms with Crippen LogP contribution in [0, 0.1) is 3.57 Å². The zero-order chi connectivity index (χ0) is 10.1. The quantitative estimate of drug-likeness (QED) is 0.822. The third-order valence-corrected chi connectivity index (χ3v) is 3.38. The van der Waals surface area contributed by atoms with Crippen LogP contribution in [0.15, 0.2) is 18.2 Å². The minimum atomic E-state index is -0.865. The Morgan fingerprint density at radius 2 is 2.29 bits per heavy atom. The van der Waals surface area contributed by atoms with E-state index in [-0.39, 0.29) is 0 Å². The van der Waals surface area contributed by atoms with Crippen molar-refractivity contribution in [2.75, 3.05) is 6.54 Å². The number of aromatic carboxylic acids is 1. The highest BCUT2D eigenvalue weighted by atomic mass is 127. The van der Waals surface area contributed by atoms with E-state index >= 15 is 0 Å². The van der Waals surface area contributed by atoms with E-state index in [9.17, 15) is 4.79 Å². The van der Waals surface area contributed by atoms with Crippen LogP contribution in [0.2, 0.25) is 0 Å². The summed E-state index contributed by atoms with van der Waals surface area (Å²) in [6.07, 6.45) is 1.14. The number of hydrogen-bond donors (Lipinski definition) is 2. The molecule has 0 amide bonds. The average Bonchev–Trinajstić information content (AvgIpc) is 2.04. The van der Waals surface area contributed by atoms with Crippen molar-refractivity contribution in [1.29, 1.82) is 0 Å². The Hall–Kier alpha value is -0.620. The van der Waals surface area contributed by atoms with Crippen LogP contribution in [0.4, 0.5) is 0 Å². The molecule has 4 heteroatoms. The number of carboxylic acid groups (broad SMARTS) is 1. The van der Waals surface area contributed by atoms with Crippen molar-refractivity contribution in [3.05, 3.63) is 32.9 Å². The molecular weight excluding hydrogens is 293 g/mol. The molecule has 0 aliphatic carbocycles. The van der Waals surface area contributed by atoms with E-state index in [1.165, 1.54) is 5.56 Å². The maximum atomic E-state index is 10.7. The van der Waals surface area contributed by atoms with E-state index in [0.717, 1.165) is 16.5 Å². The van der Waals surface area contributed by atoms with Gasteiger partial charge in [0.25, 0.3) is 0 Å². The van der Waals surface area contributed by atoms with E-state index in [4.69, 9.17) is 5.11 Å². The summed E-state index contributed by atoms with van der Waals surface area (Å²) >= 11 is 2.19. The highest BCUT2D eigenvalue weighted by Gasteiger charge is 2.21. The van der Waals surface area contributed by atoms with Crippen LogP contribution in [-0.2, 0) is 0 Å². The molecule has 0 aromatic heterocycles. The number of benzene rings is 1. The molecule has 1 saturated heterocycles. The zero-order valence-corrected chi connectivity index (χ0v) is 9.61. The SMILES string of the molecule is O=C(O)c1ccc([C@H]2CCN2)c(I)c1. The molecule has 1 aromatic carbocycles. The summed E-state index contributed by atoms with van der Waals surface area (Å²) in [5, 5.41) is 12.1. The largest absolute Gasteiger partial charge is 0.478 e. The number of carbonyl (C=O) groups is 1. The Bertz CT molecular complexity index is 374. The first-order valence-corrected chi connectivity index (χ1v) is 5.52. The van der Waals surface area contributed by atoms with Crippen molar-refractivity contribution in [2.45, 2.75) is 12.5 Å².